The second kappa shape index (κ2) is 5.38. The highest BCUT2D eigenvalue weighted by Gasteiger charge is 2.53. The van der Waals surface area contributed by atoms with Crippen LogP contribution in [0.15, 0.2) is 18.2 Å². The molecule has 2 aliphatic rings. The first kappa shape index (κ1) is 15.0. The number of hydrogen-bond acceptors (Lipinski definition) is 4. The lowest BCUT2D eigenvalue weighted by Gasteiger charge is -2.29. The highest BCUT2D eigenvalue weighted by Crippen LogP contribution is 2.47. The van der Waals surface area contributed by atoms with Gasteiger partial charge in [-0.3, -0.25) is 4.79 Å². The fourth-order valence-electron chi connectivity index (χ4n) is 2.73. The Morgan fingerprint density at radius 1 is 1.48 bits per heavy atom. The van der Waals surface area contributed by atoms with Gasteiger partial charge >= 0.3 is 5.97 Å². The van der Waals surface area contributed by atoms with Crippen LogP contribution in [0.25, 0.3) is 0 Å². The molecule has 21 heavy (non-hydrogen) atoms. The average Bonchev–Trinajstić information content (AvgIpc) is 2.90. The minimum Gasteiger partial charge on any atom is -0.423 e. The minimum atomic E-state index is -0.554. The lowest BCUT2D eigenvalue weighted by Crippen LogP contribution is -2.47. The summed E-state index contributed by atoms with van der Waals surface area (Å²) in [5, 5.41) is 0.746. The van der Waals surface area contributed by atoms with Gasteiger partial charge in [0, 0.05) is 17.2 Å². The van der Waals surface area contributed by atoms with Crippen molar-refractivity contribution in [1.82, 2.24) is 4.90 Å². The molecule has 2 heterocycles. The number of hydrogen-bond donors (Lipinski definition) is 0. The van der Waals surface area contributed by atoms with Crippen LogP contribution in [0.5, 0.6) is 5.75 Å². The zero-order valence-electron chi connectivity index (χ0n) is 11.3. The number of fused-ring (bicyclic) bond motifs is 1. The largest absolute Gasteiger partial charge is 0.423 e. The fraction of sp³-hybridized carbons (Fsp3) is 0.429. The predicted molar refractivity (Wildman–Crippen MR) is 82.8 cm³/mol. The van der Waals surface area contributed by atoms with Crippen molar-refractivity contribution in [3.8, 4) is 5.75 Å². The molecular formula is C14H13Cl2NO3S. The number of thioether (sulfide) groups is 1. The summed E-state index contributed by atoms with van der Waals surface area (Å²) in [5.74, 6) is 0.361. The molecule has 2 atom stereocenters. The lowest BCUT2D eigenvalue weighted by molar-refractivity contribution is -0.146. The maximum atomic E-state index is 12.4. The molecule has 1 aromatic carbocycles. The molecule has 0 radical (unpaired) electrons. The Hall–Kier alpha value is -0.910. The van der Waals surface area contributed by atoms with Gasteiger partial charge in [0.25, 0.3) is 0 Å². The number of esters is 1. The van der Waals surface area contributed by atoms with Crippen molar-refractivity contribution in [1.29, 1.82) is 0 Å². The van der Waals surface area contributed by atoms with E-state index < -0.39 is 12.0 Å². The van der Waals surface area contributed by atoms with Crippen molar-refractivity contribution in [2.75, 3.05) is 5.75 Å². The van der Waals surface area contributed by atoms with Crippen molar-refractivity contribution in [2.24, 2.45) is 0 Å². The highest BCUT2D eigenvalue weighted by atomic mass is 35.5. The first-order chi connectivity index (χ1) is 9.90. The summed E-state index contributed by atoms with van der Waals surface area (Å²) in [7, 11) is 0. The van der Waals surface area contributed by atoms with Crippen molar-refractivity contribution >= 4 is 46.8 Å². The standard InChI is InChI=1S/C14H13Cl2NO3S/c1-14-5-4-12(18)17(14)10(7-21-14)13(19)20-11-3-2-8(15)6-9(11)16/h2-3,6,10H,4-5,7H2,1H3/t10-,14+/m0/s1. The van der Waals surface area contributed by atoms with Gasteiger partial charge in [-0.05, 0) is 31.5 Å². The van der Waals surface area contributed by atoms with E-state index in [-0.39, 0.29) is 21.6 Å². The van der Waals surface area contributed by atoms with Crippen LogP contribution in [-0.2, 0) is 9.59 Å². The summed E-state index contributed by atoms with van der Waals surface area (Å²) in [4.78, 5) is 25.7. The molecule has 0 aromatic heterocycles. The first-order valence-electron chi connectivity index (χ1n) is 6.53. The van der Waals surface area contributed by atoms with Crippen LogP contribution in [0, 0.1) is 0 Å². The number of benzene rings is 1. The quantitative estimate of drug-likeness (QED) is 0.609. The van der Waals surface area contributed by atoms with Crippen molar-refractivity contribution < 1.29 is 14.3 Å². The molecular weight excluding hydrogens is 333 g/mol. The van der Waals surface area contributed by atoms with Crippen LogP contribution in [-0.4, -0.2) is 33.4 Å². The van der Waals surface area contributed by atoms with Gasteiger partial charge in [-0.1, -0.05) is 23.2 Å². The summed E-state index contributed by atoms with van der Waals surface area (Å²) < 4.78 is 5.35. The third-order valence-corrected chi connectivity index (χ3v) is 5.86. The third-order valence-electron chi connectivity index (χ3n) is 3.82. The number of carbonyl (C=O) groups excluding carboxylic acids is 2. The summed E-state index contributed by atoms with van der Waals surface area (Å²) in [6.45, 7) is 1.99. The smallest absolute Gasteiger partial charge is 0.335 e. The zero-order valence-corrected chi connectivity index (χ0v) is 13.6. The summed E-state index contributed by atoms with van der Waals surface area (Å²) >= 11 is 13.4. The van der Waals surface area contributed by atoms with E-state index in [1.54, 1.807) is 28.8 Å². The van der Waals surface area contributed by atoms with Gasteiger partial charge in [-0.25, -0.2) is 4.79 Å². The van der Waals surface area contributed by atoms with E-state index in [0.717, 1.165) is 6.42 Å². The second-order valence-corrected chi connectivity index (χ2v) is 7.61. The monoisotopic (exact) mass is 345 g/mol. The lowest BCUT2D eigenvalue weighted by atomic mass is 10.2. The van der Waals surface area contributed by atoms with Crippen molar-refractivity contribution in [3.05, 3.63) is 28.2 Å². The number of amides is 1. The molecule has 1 amide bonds. The van der Waals surface area contributed by atoms with Crippen molar-refractivity contribution in [3.63, 3.8) is 0 Å². The minimum absolute atomic E-state index is 0.00616. The summed E-state index contributed by atoms with van der Waals surface area (Å²) in [6, 6.07) is 4.11. The molecule has 0 unspecified atom stereocenters. The molecule has 1 aromatic rings. The molecule has 2 aliphatic heterocycles. The maximum Gasteiger partial charge on any atom is 0.335 e. The zero-order chi connectivity index (χ0) is 15.2. The number of halogens is 2. The Kier molecular flexibility index (Phi) is 3.84. The Morgan fingerprint density at radius 2 is 2.24 bits per heavy atom. The predicted octanol–water partition coefficient (Wildman–Crippen LogP) is 3.35. The van der Waals surface area contributed by atoms with E-state index in [0.29, 0.717) is 17.2 Å². The van der Waals surface area contributed by atoms with E-state index in [4.69, 9.17) is 27.9 Å². The second-order valence-electron chi connectivity index (χ2n) is 5.26. The van der Waals surface area contributed by atoms with Crippen LogP contribution < -0.4 is 4.74 Å². The van der Waals surface area contributed by atoms with Crippen LogP contribution in [0.1, 0.15) is 19.8 Å². The summed E-state index contributed by atoms with van der Waals surface area (Å²) in [5.41, 5.74) is 0. The molecule has 3 rings (SSSR count). The summed E-state index contributed by atoms with van der Waals surface area (Å²) in [6.07, 6.45) is 1.25. The molecule has 112 valence electrons. The molecule has 7 heteroatoms. The molecule has 4 nitrogen and oxygen atoms in total. The Balaban J connectivity index is 1.78. The van der Waals surface area contributed by atoms with E-state index >= 15 is 0 Å². The molecule has 2 fully saturated rings. The van der Waals surface area contributed by atoms with Gasteiger partial charge in [0.1, 0.15) is 11.8 Å². The fourth-order valence-corrected chi connectivity index (χ4v) is 4.59. The van der Waals surface area contributed by atoms with Crippen molar-refractivity contribution in [2.45, 2.75) is 30.7 Å². The topological polar surface area (TPSA) is 46.6 Å². The molecule has 0 N–H and O–H groups in total. The van der Waals surface area contributed by atoms with Crippen LogP contribution in [0.3, 0.4) is 0 Å². The number of nitrogens with zero attached hydrogens (tertiary/aromatic N) is 1. The van der Waals surface area contributed by atoms with E-state index in [2.05, 4.69) is 0 Å². The van der Waals surface area contributed by atoms with E-state index in [9.17, 15) is 9.59 Å². The van der Waals surface area contributed by atoms with E-state index in [1.165, 1.54) is 6.07 Å². The van der Waals surface area contributed by atoms with Gasteiger partial charge in [-0.15, -0.1) is 11.8 Å². The van der Waals surface area contributed by atoms with Crippen LogP contribution >= 0.6 is 35.0 Å². The van der Waals surface area contributed by atoms with Gasteiger partial charge in [0.2, 0.25) is 5.91 Å². The highest BCUT2D eigenvalue weighted by molar-refractivity contribution is 8.01. The number of ether oxygens (including phenoxy) is 1. The molecule has 0 saturated carbocycles. The molecule has 0 bridgehead atoms. The average molecular weight is 346 g/mol. The normalized spacial score (nSPS) is 27.9. The Morgan fingerprint density at radius 3 is 2.95 bits per heavy atom. The molecule has 2 saturated heterocycles. The Bertz CT molecular complexity index is 624. The Labute approximate surface area is 136 Å². The van der Waals surface area contributed by atoms with Gasteiger partial charge in [0.05, 0.1) is 9.89 Å². The van der Waals surface area contributed by atoms with Gasteiger partial charge in [0.15, 0.2) is 0 Å². The number of carbonyl (C=O) groups is 2. The SMILES string of the molecule is C[C@@]12CCC(=O)N1[C@H](C(=O)Oc1ccc(Cl)cc1Cl)CS2. The van der Waals surface area contributed by atoms with Gasteiger partial charge < -0.3 is 9.64 Å². The van der Waals surface area contributed by atoms with E-state index in [1.807, 2.05) is 6.92 Å². The first-order valence-corrected chi connectivity index (χ1v) is 8.28. The van der Waals surface area contributed by atoms with Crippen LogP contribution in [0.4, 0.5) is 0 Å². The van der Waals surface area contributed by atoms with Gasteiger partial charge in [-0.2, -0.15) is 0 Å². The number of rotatable bonds is 2. The molecule has 0 spiro atoms. The van der Waals surface area contributed by atoms with Crippen LogP contribution in [0.2, 0.25) is 10.0 Å². The maximum absolute atomic E-state index is 12.4. The third kappa shape index (κ3) is 2.62. The molecule has 0 aliphatic carbocycles.